The summed E-state index contributed by atoms with van der Waals surface area (Å²) in [6.07, 6.45) is 2.74. The highest BCUT2D eigenvalue weighted by Gasteiger charge is 1.99. The van der Waals surface area contributed by atoms with E-state index in [9.17, 15) is 0 Å². The summed E-state index contributed by atoms with van der Waals surface area (Å²) in [6, 6.07) is 0. The number of aromatic nitrogens is 2. The van der Waals surface area contributed by atoms with Gasteiger partial charge in [0.05, 0.1) is 17.7 Å². The number of hydrogen-bond donors (Lipinski definition) is 2. The molecule has 0 spiro atoms. The average molecular weight is 139 g/mol. The number of imidazole rings is 1. The summed E-state index contributed by atoms with van der Waals surface area (Å²) in [5.41, 5.74) is 2.36. The summed E-state index contributed by atoms with van der Waals surface area (Å²) in [4.78, 5) is 7.24. The molecule has 3 heteroatoms. The van der Waals surface area contributed by atoms with E-state index in [-0.39, 0.29) is 0 Å². The quantitative estimate of drug-likeness (QED) is 0.647. The highest BCUT2D eigenvalue weighted by atomic mass is 14.9. The van der Waals surface area contributed by atoms with Crippen LogP contribution in [-0.2, 0) is 13.0 Å². The summed E-state index contributed by atoms with van der Waals surface area (Å²) >= 11 is 0. The van der Waals surface area contributed by atoms with Gasteiger partial charge in [-0.05, 0) is 13.5 Å². The maximum Gasteiger partial charge on any atom is 0.0925 e. The van der Waals surface area contributed by atoms with Gasteiger partial charge in [0.25, 0.3) is 0 Å². The molecule has 0 aliphatic rings. The molecule has 0 atom stereocenters. The smallest absolute Gasteiger partial charge is 0.0925 e. The number of aromatic amines is 1. The van der Waals surface area contributed by atoms with E-state index < -0.39 is 0 Å². The Bertz CT molecular complexity index is 192. The highest BCUT2D eigenvalue weighted by Crippen LogP contribution is 2.01. The predicted molar refractivity (Wildman–Crippen MR) is 40.7 cm³/mol. The number of nitrogens with one attached hydrogen (secondary N) is 2. The molecule has 1 rings (SSSR count). The van der Waals surface area contributed by atoms with Gasteiger partial charge in [-0.15, -0.1) is 0 Å². The Kier molecular flexibility index (Phi) is 2.45. The number of H-pyrrole nitrogens is 1. The molecular weight excluding hydrogens is 126 g/mol. The molecule has 1 aromatic rings. The molecule has 10 heavy (non-hydrogen) atoms. The van der Waals surface area contributed by atoms with Crippen LogP contribution < -0.4 is 5.32 Å². The predicted octanol–water partition coefficient (Wildman–Crippen LogP) is 0.691. The van der Waals surface area contributed by atoms with Gasteiger partial charge in [-0.1, -0.05) is 6.92 Å². The van der Waals surface area contributed by atoms with Gasteiger partial charge in [0.2, 0.25) is 0 Å². The van der Waals surface area contributed by atoms with Crippen LogP contribution >= 0.6 is 0 Å². The first-order valence-electron chi connectivity index (χ1n) is 3.54. The molecule has 1 heterocycles. The molecule has 0 amide bonds. The molecule has 0 radical (unpaired) electrons. The summed E-state index contributed by atoms with van der Waals surface area (Å²) in [6.45, 7) is 2.98. The van der Waals surface area contributed by atoms with Gasteiger partial charge in [0.1, 0.15) is 0 Å². The van der Waals surface area contributed by atoms with Crippen molar-refractivity contribution in [3.05, 3.63) is 17.7 Å². The SMILES string of the molecule is CCc1nc[nH]c1CNC. The van der Waals surface area contributed by atoms with E-state index in [4.69, 9.17) is 0 Å². The number of hydrogen-bond acceptors (Lipinski definition) is 2. The fourth-order valence-electron chi connectivity index (χ4n) is 0.984. The lowest BCUT2D eigenvalue weighted by Crippen LogP contribution is -2.07. The third kappa shape index (κ3) is 1.36. The van der Waals surface area contributed by atoms with E-state index in [1.165, 1.54) is 5.69 Å². The maximum atomic E-state index is 4.16. The van der Waals surface area contributed by atoms with Crippen LogP contribution in [0.2, 0.25) is 0 Å². The largest absolute Gasteiger partial charge is 0.347 e. The standard InChI is InChI=1S/C7H13N3/c1-3-6-7(4-8-2)10-5-9-6/h5,8H,3-4H2,1-2H3,(H,9,10). The molecule has 1 aromatic heterocycles. The van der Waals surface area contributed by atoms with Crippen molar-refractivity contribution in [2.24, 2.45) is 0 Å². The Morgan fingerprint density at radius 2 is 2.50 bits per heavy atom. The van der Waals surface area contributed by atoms with E-state index in [0.29, 0.717) is 0 Å². The molecule has 56 valence electrons. The lowest BCUT2D eigenvalue weighted by Gasteiger charge is -1.96. The lowest BCUT2D eigenvalue weighted by molar-refractivity contribution is 0.783. The summed E-state index contributed by atoms with van der Waals surface area (Å²) in [7, 11) is 1.93. The second-order valence-corrected chi connectivity index (χ2v) is 2.21. The Balaban J connectivity index is 2.70. The Morgan fingerprint density at radius 3 is 3.10 bits per heavy atom. The second kappa shape index (κ2) is 3.37. The number of nitrogens with zero attached hydrogens (tertiary/aromatic N) is 1. The van der Waals surface area contributed by atoms with E-state index in [1.807, 2.05) is 7.05 Å². The van der Waals surface area contributed by atoms with Crippen LogP contribution in [0.5, 0.6) is 0 Å². The second-order valence-electron chi connectivity index (χ2n) is 2.21. The zero-order chi connectivity index (χ0) is 7.40. The summed E-state index contributed by atoms with van der Waals surface area (Å²) < 4.78 is 0. The van der Waals surface area contributed by atoms with Crippen LogP contribution in [0.4, 0.5) is 0 Å². The first kappa shape index (κ1) is 7.28. The van der Waals surface area contributed by atoms with Crippen LogP contribution in [0.25, 0.3) is 0 Å². The minimum atomic E-state index is 0.878. The Morgan fingerprint density at radius 1 is 1.70 bits per heavy atom. The van der Waals surface area contributed by atoms with E-state index >= 15 is 0 Å². The fourth-order valence-corrected chi connectivity index (χ4v) is 0.984. The molecule has 2 N–H and O–H groups in total. The molecule has 3 nitrogen and oxygen atoms in total. The first-order valence-corrected chi connectivity index (χ1v) is 3.54. The molecule has 0 bridgehead atoms. The van der Waals surface area contributed by atoms with Crippen LogP contribution in [0.3, 0.4) is 0 Å². The Hall–Kier alpha value is -0.830. The van der Waals surface area contributed by atoms with E-state index in [2.05, 4.69) is 22.2 Å². The van der Waals surface area contributed by atoms with Gasteiger partial charge in [0, 0.05) is 6.54 Å². The van der Waals surface area contributed by atoms with Crippen molar-refractivity contribution in [3.63, 3.8) is 0 Å². The summed E-state index contributed by atoms with van der Waals surface area (Å²) in [5, 5.41) is 3.07. The van der Waals surface area contributed by atoms with Gasteiger partial charge >= 0.3 is 0 Å². The van der Waals surface area contributed by atoms with Crippen molar-refractivity contribution < 1.29 is 0 Å². The van der Waals surface area contributed by atoms with Gasteiger partial charge in [-0.25, -0.2) is 4.98 Å². The third-order valence-corrected chi connectivity index (χ3v) is 1.50. The molecule has 0 unspecified atom stereocenters. The van der Waals surface area contributed by atoms with Crippen molar-refractivity contribution in [2.45, 2.75) is 19.9 Å². The molecule has 0 saturated heterocycles. The number of rotatable bonds is 3. The highest BCUT2D eigenvalue weighted by molar-refractivity contribution is 5.10. The molecule has 0 saturated carbocycles. The monoisotopic (exact) mass is 139 g/mol. The zero-order valence-corrected chi connectivity index (χ0v) is 6.44. The van der Waals surface area contributed by atoms with Crippen LogP contribution in [0.15, 0.2) is 6.33 Å². The third-order valence-electron chi connectivity index (χ3n) is 1.50. The zero-order valence-electron chi connectivity index (χ0n) is 6.44. The normalized spacial score (nSPS) is 10.2. The number of aryl methyl sites for hydroxylation is 1. The van der Waals surface area contributed by atoms with Crippen molar-refractivity contribution in [1.82, 2.24) is 15.3 Å². The van der Waals surface area contributed by atoms with Crippen LogP contribution in [0, 0.1) is 0 Å². The minimum Gasteiger partial charge on any atom is -0.347 e. The van der Waals surface area contributed by atoms with Crippen LogP contribution in [-0.4, -0.2) is 17.0 Å². The fraction of sp³-hybridized carbons (Fsp3) is 0.571. The first-order chi connectivity index (χ1) is 4.88. The molecule has 0 aliphatic heterocycles. The van der Waals surface area contributed by atoms with E-state index in [0.717, 1.165) is 18.7 Å². The molecule has 0 fully saturated rings. The minimum absolute atomic E-state index is 0.878. The topological polar surface area (TPSA) is 40.7 Å². The van der Waals surface area contributed by atoms with Crippen molar-refractivity contribution in [3.8, 4) is 0 Å². The lowest BCUT2D eigenvalue weighted by atomic mass is 10.3. The van der Waals surface area contributed by atoms with Crippen molar-refractivity contribution in [1.29, 1.82) is 0 Å². The van der Waals surface area contributed by atoms with Gasteiger partial charge in [-0.2, -0.15) is 0 Å². The van der Waals surface area contributed by atoms with Crippen LogP contribution in [0.1, 0.15) is 18.3 Å². The van der Waals surface area contributed by atoms with Crippen molar-refractivity contribution in [2.75, 3.05) is 7.05 Å². The van der Waals surface area contributed by atoms with Gasteiger partial charge in [0.15, 0.2) is 0 Å². The summed E-state index contributed by atoms with van der Waals surface area (Å²) in [5.74, 6) is 0. The Labute approximate surface area is 60.9 Å². The van der Waals surface area contributed by atoms with E-state index in [1.54, 1.807) is 6.33 Å². The van der Waals surface area contributed by atoms with Gasteiger partial charge in [-0.3, -0.25) is 0 Å². The maximum absolute atomic E-state index is 4.16. The van der Waals surface area contributed by atoms with Gasteiger partial charge < -0.3 is 10.3 Å². The average Bonchev–Trinajstić information content (AvgIpc) is 2.36. The molecular formula is C7H13N3. The molecule has 0 aromatic carbocycles. The molecule has 0 aliphatic carbocycles. The van der Waals surface area contributed by atoms with Crippen molar-refractivity contribution >= 4 is 0 Å².